The predicted molar refractivity (Wildman–Crippen MR) is 59.2 cm³/mol. The third-order valence-corrected chi connectivity index (χ3v) is 4.29. The second-order valence-corrected chi connectivity index (χ2v) is 4.74. The maximum Gasteiger partial charge on any atom is 0.156 e. The predicted octanol–water partition coefficient (Wildman–Crippen LogP) is 3.83. The molecule has 0 bridgehead atoms. The van der Waals surface area contributed by atoms with Gasteiger partial charge in [0.1, 0.15) is 11.6 Å². The highest BCUT2D eigenvalue weighted by Gasteiger charge is 2.13. The van der Waals surface area contributed by atoms with Gasteiger partial charge in [-0.1, -0.05) is 0 Å². The van der Waals surface area contributed by atoms with Gasteiger partial charge in [0.15, 0.2) is 5.82 Å². The summed E-state index contributed by atoms with van der Waals surface area (Å²) in [5, 5.41) is 8.61. The fourth-order valence-corrected chi connectivity index (χ4v) is 2.35. The fourth-order valence-electron chi connectivity index (χ4n) is 0.671. The summed E-state index contributed by atoms with van der Waals surface area (Å²) in [5.74, 6) is -0.509. The quantitative estimate of drug-likeness (QED) is 0.476. The molecule has 0 saturated carbocycles. The van der Waals surface area contributed by atoms with Crippen molar-refractivity contribution in [2.24, 2.45) is 0 Å². The van der Waals surface area contributed by atoms with E-state index in [1.807, 2.05) is 22.6 Å². The van der Waals surface area contributed by atoms with Crippen molar-refractivity contribution in [2.45, 2.75) is 0 Å². The molecule has 0 spiro atoms. The molecule has 62 valence electrons. The van der Waals surface area contributed by atoms with E-state index in [1.54, 1.807) is 12.1 Å². The number of benzene rings is 1. The molecule has 0 saturated heterocycles. The zero-order valence-electron chi connectivity index (χ0n) is 5.54. The molecular formula is C7HBr2FIN. The normalized spacial score (nSPS) is 9.58. The zero-order chi connectivity index (χ0) is 9.30. The molecule has 0 unspecified atom stereocenters. The van der Waals surface area contributed by atoms with Gasteiger partial charge < -0.3 is 0 Å². The maximum atomic E-state index is 13.1. The van der Waals surface area contributed by atoms with Crippen molar-refractivity contribution in [3.05, 3.63) is 30.0 Å². The topological polar surface area (TPSA) is 23.8 Å². The Labute approximate surface area is 99.4 Å². The molecule has 1 rings (SSSR count). The second kappa shape index (κ2) is 4.03. The van der Waals surface area contributed by atoms with Crippen molar-refractivity contribution in [1.82, 2.24) is 0 Å². The van der Waals surface area contributed by atoms with Gasteiger partial charge in [-0.05, 0) is 60.5 Å². The molecule has 1 aromatic rings. The smallest absolute Gasteiger partial charge is 0.156 e. The lowest BCUT2D eigenvalue weighted by Crippen LogP contribution is -1.91. The van der Waals surface area contributed by atoms with Gasteiger partial charge in [-0.2, -0.15) is 5.26 Å². The largest absolute Gasteiger partial charge is 0.204 e. The van der Waals surface area contributed by atoms with Crippen LogP contribution in [0.25, 0.3) is 0 Å². The van der Waals surface area contributed by atoms with Gasteiger partial charge in [-0.25, -0.2) is 4.39 Å². The van der Waals surface area contributed by atoms with E-state index in [0.29, 0.717) is 12.5 Å². The molecule has 1 nitrogen and oxygen atoms in total. The molecule has 0 atom stereocenters. The number of hydrogen-bond acceptors (Lipinski definition) is 1. The minimum atomic E-state index is -0.509. The van der Waals surface area contributed by atoms with Crippen LogP contribution >= 0.6 is 54.5 Å². The van der Waals surface area contributed by atoms with Crippen molar-refractivity contribution in [2.75, 3.05) is 0 Å². The van der Waals surface area contributed by atoms with Crippen LogP contribution in [0.4, 0.5) is 4.39 Å². The van der Waals surface area contributed by atoms with E-state index in [2.05, 4.69) is 31.9 Å². The van der Waals surface area contributed by atoms with Gasteiger partial charge in [0.25, 0.3) is 0 Å². The molecule has 0 aliphatic carbocycles. The van der Waals surface area contributed by atoms with Crippen molar-refractivity contribution >= 4 is 54.5 Å². The van der Waals surface area contributed by atoms with Gasteiger partial charge >= 0.3 is 0 Å². The summed E-state index contributed by atoms with van der Waals surface area (Å²) >= 11 is 8.15. The van der Waals surface area contributed by atoms with E-state index >= 15 is 0 Å². The summed E-state index contributed by atoms with van der Waals surface area (Å²) in [6.45, 7) is 0. The van der Waals surface area contributed by atoms with E-state index < -0.39 is 5.82 Å². The van der Waals surface area contributed by atoms with Crippen molar-refractivity contribution < 1.29 is 4.39 Å². The van der Waals surface area contributed by atoms with Crippen molar-refractivity contribution in [3.8, 4) is 6.07 Å². The second-order valence-electron chi connectivity index (χ2n) is 1.95. The molecule has 1 aromatic carbocycles. The van der Waals surface area contributed by atoms with Crippen LogP contribution in [-0.2, 0) is 0 Å². The summed E-state index contributed by atoms with van der Waals surface area (Å²) in [5.41, 5.74) is 0.0665. The van der Waals surface area contributed by atoms with Crippen LogP contribution in [0.5, 0.6) is 0 Å². The first-order valence-electron chi connectivity index (χ1n) is 2.81. The van der Waals surface area contributed by atoms with E-state index in [0.717, 1.165) is 0 Å². The van der Waals surface area contributed by atoms with Gasteiger partial charge in [0.05, 0.1) is 4.47 Å². The highest BCUT2D eigenvalue weighted by molar-refractivity contribution is 14.1. The molecular weight excluding hydrogens is 404 g/mol. The molecule has 0 fully saturated rings. The Bertz CT molecular complexity index is 346. The van der Waals surface area contributed by atoms with E-state index in [4.69, 9.17) is 5.26 Å². The van der Waals surface area contributed by atoms with Crippen molar-refractivity contribution in [1.29, 1.82) is 5.26 Å². The first-order chi connectivity index (χ1) is 5.57. The summed E-state index contributed by atoms with van der Waals surface area (Å²) in [7, 11) is 0. The fraction of sp³-hybridized carbons (Fsp3) is 0. The van der Waals surface area contributed by atoms with Crippen LogP contribution in [-0.4, -0.2) is 0 Å². The Hall–Kier alpha value is 0.330. The van der Waals surface area contributed by atoms with E-state index in [1.165, 1.54) is 0 Å². The molecule has 0 radical (unpaired) electrons. The minimum absolute atomic E-state index is 0.0665. The average molecular weight is 405 g/mol. The van der Waals surface area contributed by atoms with Crippen LogP contribution in [0.1, 0.15) is 5.56 Å². The first-order valence-corrected chi connectivity index (χ1v) is 5.47. The van der Waals surface area contributed by atoms with Crippen LogP contribution in [0.3, 0.4) is 0 Å². The molecule has 0 N–H and O–H groups in total. The molecule has 12 heavy (non-hydrogen) atoms. The highest BCUT2D eigenvalue weighted by atomic mass is 127. The van der Waals surface area contributed by atoms with E-state index in [-0.39, 0.29) is 5.56 Å². The Morgan fingerprint density at radius 3 is 2.50 bits per heavy atom. The molecule has 5 heteroatoms. The van der Waals surface area contributed by atoms with Gasteiger partial charge in [-0.3, -0.25) is 0 Å². The number of halogens is 4. The van der Waals surface area contributed by atoms with Crippen LogP contribution in [0.15, 0.2) is 15.0 Å². The van der Waals surface area contributed by atoms with Gasteiger partial charge in [0.2, 0.25) is 0 Å². The summed E-state index contributed by atoms with van der Waals surface area (Å²) in [4.78, 5) is 0. The Kier molecular flexibility index (Phi) is 3.49. The highest BCUT2D eigenvalue weighted by Crippen LogP contribution is 2.30. The van der Waals surface area contributed by atoms with Crippen LogP contribution in [0, 0.1) is 20.7 Å². The molecule has 0 aliphatic heterocycles. The average Bonchev–Trinajstić information content (AvgIpc) is 2.02. The number of nitrogens with zero attached hydrogens (tertiary/aromatic N) is 1. The first kappa shape index (κ1) is 10.4. The third-order valence-electron chi connectivity index (χ3n) is 1.22. The van der Waals surface area contributed by atoms with Gasteiger partial charge in [-0.15, -0.1) is 0 Å². The van der Waals surface area contributed by atoms with E-state index in [9.17, 15) is 4.39 Å². The summed E-state index contributed by atoms with van der Waals surface area (Å²) in [6, 6.07) is 3.38. The third kappa shape index (κ3) is 1.80. The molecule has 0 amide bonds. The SMILES string of the molecule is N#Cc1c(F)c(Br)cc(Br)c1I. The number of rotatable bonds is 0. The van der Waals surface area contributed by atoms with Crippen LogP contribution < -0.4 is 0 Å². The maximum absolute atomic E-state index is 13.1. The standard InChI is InChI=1S/C7HBr2FIN/c8-4-1-5(9)7(11)3(2-12)6(4)10/h1H. The Balaban J connectivity index is 3.56. The lowest BCUT2D eigenvalue weighted by Gasteiger charge is -2.01. The molecule has 0 heterocycles. The Morgan fingerprint density at radius 1 is 1.42 bits per heavy atom. The lowest BCUT2D eigenvalue weighted by molar-refractivity contribution is 0.615. The lowest BCUT2D eigenvalue weighted by atomic mass is 10.2. The van der Waals surface area contributed by atoms with Crippen molar-refractivity contribution in [3.63, 3.8) is 0 Å². The zero-order valence-corrected chi connectivity index (χ0v) is 10.9. The number of nitriles is 1. The number of hydrogen-bond donors (Lipinski definition) is 0. The minimum Gasteiger partial charge on any atom is -0.204 e. The Morgan fingerprint density at radius 2 is 2.00 bits per heavy atom. The molecule has 0 aromatic heterocycles. The molecule has 0 aliphatic rings. The van der Waals surface area contributed by atoms with Crippen LogP contribution in [0.2, 0.25) is 0 Å². The van der Waals surface area contributed by atoms with Gasteiger partial charge in [0, 0.05) is 8.04 Å². The summed E-state index contributed by atoms with van der Waals surface area (Å²) in [6.07, 6.45) is 0. The summed E-state index contributed by atoms with van der Waals surface area (Å²) < 4.78 is 14.8. The monoisotopic (exact) mass is 403 g/mol.